The Kier molecular flexibility index (Phi) is 6.89. The Bertz CT molecular complexity index is 1180. The maximum absolute atomic E-state index is 12.6. The summed E-state index contributed by atoms with van der Waals surface area (Å²) in [6.45, 7) is 4.17. The van der Waals surface area contributed by atoms with Crippen LogP contribution in [0.15, 0.2) is 78.5 Å². The SMILES string of the molecule is CCCN(CCc1cccc(NC(=O)c2ccc(C(N)=O)cc2)c1)C1=Cc2ccccc2C1. The second kappa shape index (κ2) is 10.2. The molecule has 3 N–H and O–H groups in total. The van der Waals surface area contributed by atoms with Gasteiger partial charge in [0.05, 0.1) is 0 Å². The molecule has 0 heterocycles. The summed E-state index contributed by atoms with van der Waals surface area (Å²) in [5, 5.41) is 2.95. The normalized spacial score (nSPS) is 12.1. The monoisotopic (exact) mass is 439 g/mol. The lowest BCUT2D eigenvalue weighted by Crippen LogP contribution is -2.26. The summed E-state index contributed by atoms with van der Waals surface area (Å²) in [7, 11) is 0. The van der Waals surface area contributed by atoms with Crippen molar-refractivity contribution in [2.24, 2.45) is 5.73 Å². The van der Waals surface area contributed by atoms with Crippen molar-refractivity contribution in [1.29, 1.82) is 0 Å². The molecule has 0 aromatic heterocycles. The van der Waals surface area contributed by atoms with Crippen LogP contribution in [0.25, 0.3) is 6.08 Å². The van der Waals surface area contributed by atoms with Gasteiger partial charge in [0.15, 0.2) is 0 Å². The molecule has 0 bridgehead atoms. The largest absolute Gasteiger partial charge is 0.374 e. The molecule has 1 aliphatic carbocycles. The van der Waals surface area contributed by atoms with Crippen molar-refractivity contribution in [2.75, 3.05) is 18.4 Å². The van der Waals surface area contributed by atoms with E-state index in [1.165, 1.54) is 22.4 Å². The summed E-state index contributed by atoms with van der Waals surface area (Å²) in [6.07, 6.45) is 5.29. The molecule has 0 saturated carbocycles. The average Bonchev–Trinajstić information content (AvgIpc) is 3.26. The quantitative estimate of drug-likeness (QED) is 0.498. The van der Waals surface area contributed by atoms with Crippen molar-refractivity contribution in [3.8, 4) is 0 Å². The van der Waals surface area contributed by atoms with Crippen LogP contribution in [0.3, 0.4) is 0 Å². The number of amides is 2. The first-order chi connectivity index (χ1) is 16.0. The fraction of sp³-hybridized carbons (Fsp3) is 0.214. The first-order valence-corrected chi connectivity index (χ1v) is 11.4. The molecular weight excluding hydrogens is 410 g/mol. The van der Waals surface area contributed by atoms with Crippen molar-refractivity contribution in [2.45, 2.75) is 26.2 Å². The van der Waals surface area contributed by atoms with E-state index in [4.69, 9.17) is 5.73 Å². The first-order valence-electron chi connectivity index (χ1n) is 11.4. The summed E-state index contributed by atoms with van der Waals surface area (Å²) in [5.74, 6) is -0.728. The molecule has 0 saturated heterocycles. The van der Waals surface area contributed by atoms with Gasteiger partial charge in [-0.15, -0.1) is 0 Å². The number of hydrogen-bond donors (Lipinski definition) is 2. The molecule has 0 unspecified atom stereocenters. The minimum Gasteiger partial charge on any atom is -0.374 e. The lowest BCUT2D eigenvalue weighted by atomic mass is 10.1. The van der Waals surface area contributed by atoms with Crippen LogP contribution in [0.2, 0.25) is 0 Å². The summed E-state index contributed by atoms with van der Waals surface area (Å²) in [4.78, 5) is 26.3. The zero-order valence-electron chi connectivity index (χ0n) is 18.9. The predicted molar refractivity (Wildman–Crippen MR) is 133 cm³/mol. The lowest BCUT2D eigenvalue weighted by molar-refractivity contribution is 0.0995. The second-order valence-corrected chi connectivity index (χ2v) is 8.34. The highest BCUT2D eigenvalue weighted by Gasteiger charge is 2.17. The highest BCUT2D eigenvalue weighted by Crippen LogP contribution is 2.27. The van der Waals surface area contributed by atoms with Crippen LogP contribution >= 0.6 is 0 Å². The molecule has 4 rings (SSSR count). The number of benzene rings is 3. The Labute approximate surface area is 194 Å². The summed E-state index contributed by atoms with van der Waals surface area (Å²) in [6, 6.07) is 22.9. The number of anilines is 1. The number of rotatable bonds is 9. The Morgan fingerprint density at radius 2 is 1.70 bits per heavy atom. The van der Waals surface area contributed by atoms with Gasteiger partial charge in [-0.2, -0.15) is 0 Å². The number of hydrogen-bond acceptors (Lipinski definition) is 3. The molecule has 0 aliphatic heterocycles. The first kappa shape index (κ1) is 22.3. The van der Waals surface area contributed by atoms with Gasteiger partial charge in [-0.25, -0.2) is 0 Å². The van der Waals surface area contributed by atoms with Gasteiger partial charge in [0.1, 0.15) is 0 Å². The molecular formula is C28H29N3O2. The van der Waals surface area contributed by atoms with Crippen molar-refractivity contribution in [3.05, 3.63) is 106 Å². The average molecular weight is 440 g/mol. The number of carbonyl (C=O) groups is 2. The van der Waals surface area contributed by atoms with Crippen molar-refractivity contribution < 1.29 is 9.59 Å². The molecule has 33 heavy (non-hydrogen) atoms. The number of nitrogens with one attached hydrogen (secondary N) is 1. The molecule has 0 atom stereocenters. The summed E-state index contributed by atoms with van der Waals surface area (Å²) >= 11 is 0. The molecule has 168 valence electrons. The van der Waals surface area contributed by atoms with E-state index < -0.39 is 5.91 Å². The molecule has 5 heteroatoms. The highest BCUT2D eigenvalue weighted by atomic mass is 16.2. The van der Waals surface area contributed by atoms with E-state index in [1.54, 1.807) is 24.3 Å². The molecule has 0 spiro atoms. The number of allylic oxidation sites excluding steroid dienone is 1. The molecule has 3 aromatic rings. The molecule has 1 aliphatic rings. The number of fused-ring (bicyclic) bond motifs is 1. The second-order valence-electron chi connectivity index (χ2n) is 8.34. The van der Waals surface area contributed by atoms with Crippen molar-refractivity contribution >= 4 is 23.6 Å². The Hall–Kier alpha value is -3.86. The molecule has 2 amide bonds. The number of primary amides is 1. The summed E-state index contributed by atoms with van der Waals surface area (Å²) in [5.41, 5.74) is 12.1. The van der Waals surface area contributed by atoms with Crippen LogP contribution in [0.5, 0.6) is 0 Å². The number of nitrogens with zero attached hydrogens (tertiary/aromatic N) is 1. The third-order valence-electron chi connectivity index (χ3n) is 5.94. The van der Waals surface area contributed by atoms with E-state index in [2.05, 4.69) is 53.5 Å². The van der Waals surface area contributed by atoms with Gasteiger partial charge < -0.3 is 16.0 Å². The van der Waals surface area contributed by atoms with Gasteiger partial charge in [0.2, 0.25) is 5.91 Å². The van der Waals surface area contributed by atoms with Crippen molar-refractivity contribution in [3.63, 3.8) is 0 Å². The zero-order valence-corrected chi connectivity index (χ0v) is 18.9. The van der Waals surface area contributed by atoms with Gasteiger partial charge in [-0.1, -0.05) is 43.3 Å². The van der Waals surface area contributed by atoms with E-state index in [0.29, 0.717) is 11.1 Å². The van der Waals surface area contributed by atoms with Gasteiger partial charge in [-0.05, 0) is 72.0 Å². The Morgan fingerprint density at radius 3 is 2.42 bits per heavy atom. The zero-order chi connectivity index (χ0) is 23.2. The molecule has 3 aromatic carbocycles. The Balaban J connectivity index is 1.39. The number of nitrogens with two attached hydrogens (primary N) is 1. The number of carbonyl (C=O) groups excluding carboxylic acids is 2. The smallest absolute Gasteiger partial charge is 0.255 e. The standard InChI is InChI=1S/C28H29N3O2/c1-2-15-31(26-18-23-7-3-4-8-24(23)19-26)16-14-20-6-5-9-25(17-20)30-28(33)22-12-10-21(11-13-22)27(29)32/h3-13,17-18H,2,14-16,19H2,1H3,(H2,29,32)(H,30,33). The van der Waals surface area contributed by atoms with Crippen LogP contribution in [-0.2, 0) is 12.8 Å². The fourth-order valence-corrected chi connectivity index (χ4v) is 4.19. The minimum atomic E-state index is -0.510. The van der Waals surface area contributed by atoms with E-state index in [1.807, 2.05) is 18.2 Å². The third kappa shape index (κ3) is 5.50. The van der Waals surface area contributed by atoms with Crippen LogP contribution < -0.4 is 11.1 Å². The third-order valence-corrected chi connectivity index (χ3v) is 5.94. The maximum atomic E-state index is 12.6. The molecule has 0 fully saturated rings. The topological polar surface area (TPSA) is 75.4 Å². The van der Waals surface area contributed by atoms with Crippen molar-refractivity contribution in [1.82, 2.24) is 4.90 Å². The minimum absolute atomic E-state index is 0.218. The van der Waals surface area contributed by atoms with Gasteiger partial charge >= 0.3 is 0 Å². The van der Waals surface area contributed by atoms with Gasteiger partial charge in [0, 0.05) is 42.0 Å². The molecule has 0 radical (unpaired) electrons. The van der Waals surface area contributed by atoms with Gasteiger partial charge in [0.25, 0.3) is 5.91 Å². The fourth-order valence-electron chi connectivity index (χ4n) is 4.19. The van der Waals surface area contributed by atoms with Gasteiger partial charge in [-0.3, -0.25) is 9.59 Å². The van der Waals surface area contributed by atoms with E-state index >= 15 is 0 Å². The van der Waals surface area contributed by atoms with E-state index in [9.17, 15) is 9.59 Å². The van der Waals surface area contributed by atoms with Crippen LogP contribution in [0, 0.1) is 0 Å². The van der Waals surface area contributed by atoms with E-state index in [-0.39, 0.29) is 5.91 Å². The van der Waals surface area contributed by atoms with Crippen LogP contribution in [0.1, 0.15) is 50.8 Å². The van der Waals surface area contributed by atoms with E-state index in [0.717, 1.165) is 38.0 Å². The van der Waals surface area contributed by atoms with Crippen LogP contribution in [-0.4, -0.2) is 29.8 Å². The Morgan fingerprint density at radius 1 is 0.939 bits per heavy atom. The predicted octanol–water partition coefficient (Wildman–Crippen LogP) is 4.89. The highest BCUT2D eigenvalue weighted by molar-refractivity contribution is 6.05. The van der Waals surface area contributed by atoms with Crippen LogP contribution in [0.4, 0.5) is 5.69 Å². The maximum Gasteiger partial charge on any atom is 0.255 e. The summed E-state index contributed by atoms with van der Waals surface area (Å²) < 4.78 is 0. The lowest BCUT2D eigenvalue weighted by Gasteiger charge is -2.26. The molecule has 5 nitrogen and oxygen atoms in total.